The Balaban J connectivity index is 2.22. The summed E-state index contributed by atoms with van der Waals surface area (Å²) in [5, 5.41) is 8.98. The molecule has 1 saturated heterocycles. The minimum absolute atomic E-state index is 0.223. The standard InChI is InChI=1S/C14H17NO4S/c1-2-20(19)12-6-4-3-5-11(12)13(16)15-8-7-10(9-15)14(17)18/h3-6,10H,2,7-9H2,1H3,(H,17,18). The van der Waals surface area contributed by atoms with E-state index in [1.54, 1.807) is 31.2 Å². The van der Waals surface area contributed by atoms with Crippen LogP contribution in [0.4, 0.5) is 0 Å². The van der Waals surface area contributed by atoms with Crippen molar-refractivity contribution in [2.45, 2.75) is 18.2 Å². The van der Waals surface area contributed by atoms with Crippen molar-refractivity contribution in [3.05, 3.63) is 29.8 Å². The van der Waals surface area contributed by atoms with Gasteiger partial charge >= 0.3 is 5.97 Å². The van der Waals surface area contributed by atoms with Crippen molar-refractivity contribution in [3.8, 4) is 0 Å². The largest absolute Gasteiger partial charge is 0.481 e. The fraction of sp³-hybridized carbons (Fsp3) is 0.429. The van der Waals surface area contributed by atoms with Crippen LogP contribution in [0.2, 0.25) is 0 Å². The van der Waals surface area contributed by atoms with Gasteiger partial charge in [-0.25, -0.2) is 0 Å². The predicted octanol–water partition coefficient (Wildman–Crippen LogP) is 1.36. The predicted molar refractivity (Wildman–Crippen MR) is 75.0 cm³/mol. The van der Waals surface area contributed by atoms with Crippen molar-refractivity contribution in [2.24, 2.45) is 5.92 Å². The third kappa shape index (κ3) is 2.90. The maximum Gasteiger partial charge on any atom is 0.308 e. The van der Waals surface area contributed by atoms with Gasteiger partial charge in [-0.1, -0.05) is 19.1 Å². The summed E-state index contributed by atoms with van der Waals surface area (Å²) in [6.45, 7) is 2.46. The van der Waals surface area contributed by atoms with Crippen LogP contribution in [0, 0.1) is 5.92 Å². The summed E-state index contributed by atoms with van der Waals surface area (Å²) in [6, 6.07) is 6.83. The Labute approximate surface area is 120 Å². The number of carbonyl (C=O) groups excluding carboxylic acids is 1. The lowest BCUT2D eigenvalue weighted by Gasteiger charge is -2.17. The van der Waals surface area contributed by atoms with E-state index in [0.29, 0.717) is 29.2 Å². The number of carboxylic acids is 1. The molecule has 2 rings (SSSR count). The Hall–Kier alpha value is -1.69. The number of hydrogen-bond acceptors (Lipinski definition) is 3. The molecule has 1 heterocycles. The van der Waals surface area contributed by atoms with Crippen molar-refractivity contribution in [3.63, 3.8) is 0 Å². The van der Waals surface area contributed by atoms with E-state index in [0.717, 1.165) is 0 Å². The molecule has 20 heavy (non-hydrogen) atoms. The molecular formula is C14H17NO4S. The zero-order valence-electron chi connectivity index (χ0n) is 11.2. The molecule has 2 unspecified atom stereocenters. The highest BCUT2D eigenvalue weighted by Crippen LogP contribution is 2.22. The highest BCUT2D eigenvalue weighted by Gasteiger charge is 2.32. The monoisotopic (exact) mass is 295 g/mol. The smallest absolute Gasteiger partial charge is 0.308 e. The van der Waals surface area contributed by atoms with Gasteiger partial charge in [0.15, 0.2) is 0 Å². The van der Waals surface area contributed by atoms with E-state index in [1.807, 2.05) is 0 Å². The number of benzene rings is 1. The zero-order chi connectivity index (χ0) is 14.7. The maximum absolute atomic E-state index is 12.5. The van der Waals surface area contributed by atoms with Gasteiger partial charge in [-0.05, 0) is 18.6 Å². The van der Waals surface area contributed by atoms with Gasteiger partial charge in [-0.2, -0.15) is 0 Å². The Morgan fingerprint density at radius 1 is 1.40 bits per heavy atom. The molecule has 0 aliphatic carbocycles. The third-order valence-electron chi connectivity index (χ3n) is 3.45. The Morgan fingerprint density at radius 3 is 2.70 bits per heavy atom. The number of carbonyl (C=O) groups is 2. The molecule has 108 valence electrons. The van der Waals surface area contributed by atoms with Crippen LogP contribution in [0.15, 0.2) is 29.2 Å². The van der Waals surface area contributed by atoms with Gasteiger partial charge in [0.05, 0.1) is 27.2 Å². The second-order valence-corrected chi connectivity index (χ2v) is 6.41. The molecule has 1 N–H and O–H groups in total. The van der Waals surface area contributed by atoms with Crippen LogP contribution in [-0.2, 0) is 15.6 Å². The van der Waals surface area contributed by atoms with Crippen LogP contribution < -0.4 is 0 Å². The number of aliphatic carboxylic acids is 1. The highest BCUT2D eigenvalue weighted by atomic mass is 32.2. The first-order chi connectivity index (χ1) is 9.54. The van der Waals surface area contributed by atoms with E-state index in [4.69, 9.17) is 5.11 Å². The van der Waals surface area contributed by atoms with Crippen molar-refractivity contribution < 1.29 is 18.9 Å². The second kappa shape index (κ2) is 6.17. The van der Waals surface area contributed by atoms with Crippen molar-refractivity contribution in [1.82, 2.24) is 4.90 Å². The Bertz CT molecular complexity index is 558. The molecular weight excluding hydrogens is 278 g/mol. The van der Waals surface area contributed by atoms with Crippen LogP contribution in [0.1, 0.15) is 23.7 Å². The summed E-state index contributed by atoms with van der Waals surface area (Å²) in [4.78, 5) is 25.5. The Morgan fingerprint density at radius 2 is 2.10 bits per heavy atom. The average Bonchev–Trinajstić information content (AvgIpc) is 2.95. The third-order valence-corrected chi connectivity index (χ3v) is 4.82. The van der Waals surface area contributed by atoms with Crippen molar-refractivity contribution in [2.75, 3.05) is 18.8 Å². The van der Waals surface area contributed by atoms with E-state index in [2.05, 4.69) is 0 Å². The molecule has 1 aliphatic heterocycles. The quantitative estimate of drug-likeness (QED) is 0.910. The molecule has 1 fully saturated rings. The maximum atomic E-state index is 12.5. The number of hydrogen-bond donors (Lipinski definition) is 1. The lowest BCUT2D eigenvalue weighted by Crippen LogP contribution is -2.30. The lowest BCUT2D eigenvalue weighted by atomic mass is 10.1. The SMILES string of the molecule is CCS(=O)c1ccccc1C(=O)N1CCC(C(=O)O)C1. The molecule has 1 aliphatic rings. The van der Waals surface area contributed by atoms with Gasteiger partial charge in [-0.3, -0.25) is 13.8 Å². The normalized spacial score (nSPS) is 19.9. The molecule has 2 atom stereocenters. The van der Waals surface area contributed by atoms with E-state index in [1.165, 1.54) is 4.90 Å². The second-order valence-electron chi connectivity index (χ2n) is 4.71. The van der Waals surface area contributed by atoms with Gasteiger partial charge < -0.3 is 10.0 Å². The van der Waals surface area contributed by atoms with Crippen molar-refractivity contribution >= 4 is 22.7 Å². The van der Waals surface area contributed by atoms with E-state index < -0.39 is 22.7 Å². The van der Waals surface area contributed by atoms with Crippen LogP contribution in [0.5, 0.6) is 0 Å². The highest BCUT2D eigenvalue weighted by molar-refractivity contribution is 7.85. The van der Waals surface area contributed by atoms with Crippen LogP contribution in [0.3, 0.4) is 0 Å². The lowest BCUT2D eigenvalue weighted by molar-refractivity contribution is -0.141. The molecule has 0 spiro atoms. The first-order valence-electron chi connectivity index (χ1n) is 6.54. The van der Waals surface area contributed by atoms with E-state index >= 15 is 0 Å². The van der Waals surface area contributed by atoms with Gasteiger partial charge in [0, 0.05) is 18.8 Å². The molecule has 0 aromatic heterocycles. The number of amides is 1. The fourth-order valence-electron chi connectivity index (χ4n) is 2.31. The Kier molecular flexibility index (Phi) is 4.54. The summed E-state index contributed by atoms with van der Waals surface area (Å²) in [5.74, 6) is -1.15. The molecule has 0 bridgehead atoms. The summed E-state index contributed by atoms with van der Waals surface area (Å²) in [7, 11) is -1.20. The van der Waals surface area contributed by atoms with E-state index in [-0.39, 0.29) is 12.5 Å². The van der Waals surface area contributed by atoms with Gasteiger partial charge in [-0.15, -0.1) is 0 Å². The topological polar surface area (TPSA) is 74.7 Å². The average molecular weight is 295 g/mol. The molecule has 1 aromatic carbocycles. The number of carboxylic acid groups (broad SMARTS) is 1. The molecule has 5 nitrogen and oxygen atoms in total. The minimum Gasteiger partial charge on any atom is -0.481 e. The first-order valence-corrected chi connectivity index (χ1v) is 7.86. The van der Waals surface area contributed by atoms with Gasteiger partial charge in [0.25, 0.3) is 5.91 Å². The van der Waals surface area contributed by atoms with E-state index in [9.17, 15) is 13.8 Å². The minimum atomic E-state index is -1.20. The zero-order valence-corrected chi connectivity index (χ0v) is 12.1. The summed E-state index contributed by atoms with van der Waals surface area (Å²) in [5.41, 5.74) is 0.415. The summed E-state index contributed by atoms with van der Waals surface area (Å²) < 4.78 is 12.0. The van der Waals surface area contributed by atoms with Gasteiger partial charge in [0.1, 0.15) is 0 Å². The molecule has 6 heteroatoms. The van der Waals surface area contributed by atoms with Gasteiger partial charge in [0.2, 0.25) is 0 Å². The fourth-order valence-corrected chi connectivity index (χ4v) is 3.26. The number of rotatable bonds is 4. The van der Waals surface area contributed by atoms with Crippen LogP contribution in [-0.4, -0.2) is 44.9 Å². The first kappa shape index (κ1) is 14.7. The summed E-state index contributed by atoms with van der Waals surface area (Å²) >= 11 is 0. The molecule has 1 amide bonds. The van der Waals surface area contributed by atoms with Crippen LogP contribution >= 0.6 is 0 Å². The number of likely N-dealkylation sites (tertiary alicyclic amines) is 1. The molecule has 0 radical (unpaired) electrons. The van der Waals surface area contributed by atoms with Crippen LogP contribution in [0.25, 0.3) is 0 Å². The molecule has 1 aromatic rings. The summed E-state index contributed by atoms with van der Waals surface area (Å²) in [6.07, 6.45) is 0.472. The molecule has 0 saturated carbocycles. The number of nitrogens with zero attached hydrogens (tertiary/aromatic N) is 1. The van der Waals surface area contributed by atoms with Crippen molar-refractivity contribution in [1.29, 1.82) is 0 Å².